The van der Waals surface area contributed by atoms with Gasteiger partial charge in [0.15, 0.2) is 11.7 Å². The maximum Gasteiger partial charge on any atom is 0.317 e. The first kappa shape index (κ1) is 21.3. The average Bonchev–Trinajstić information content (AvgIpc) is 2.73. The van der Waals surface area contributed by atoms with Crippen LogP contribution in [-0.4, -0.2) is 30.7 Å². The molecule has 0 spiro atoms. The Kier molecular flexibility index (Phi) is 6.68. The number of carbonyl (C=O) groups is 2. The van der Waals surface area contributed by atoms with Crippen LogP contribution in [0.5, 0.6) is 5.75 Å². The van der Waals surface area contributed by atoms with Crippen molar-refractivity contribution in [3.8, 4) is 5.75 Å². The molecule has 0 unspecified atom stereocenters. The molecule has 1 saturated heterocycles. The van der Waals surface area contributed by atoms with E-state index in [1.807, 2.05) is 43.3 Å². The van der Waals surface area contributed by atoms with Crippen LogP contribution in [-0.2, 0) is 14.3 Å². The fourth-order valence-corrected chi connectivity index (χ4v) is 3.52. The number of methoxy groups -OCH3 is 1. The Labute approximate surface area is 180 Å². The summed E-state index contributed by atoms with van der Waals surface area (Å²) in [5, 5.41) is 9.12. The van der Waals surface area contributed by atoms with Gasteiger partial charge in [-0.2, -0.15) is 0 Å². The lowest BCUT2D eigenvalue weighted by molar-refractivity contribution is -0.145. The van der Waals surface area contributed by atoms with Gasteiger partial charge < -0.3 is 25.4 Å². The van der Waals surface area contributed by atoms with Gasteiger partial charge in [-0.15, -0.1) is 0 Å². The molecule has 0 bridgehead atoms. The Hall–Kier alpha value is -3.39. The summed E-state index contributed by atoms with van der Waals surface area (Å²) in [6, 6.07) is 14.1. The molecule has 3 N–H and O–H groups in total. The number of thiocarbonyl (C=S) groups is 1. The monoisotopic (exact) mass is 425 g/mol. The van der Waals surface area contributed by atoms with E-state index in [9.17, 15) is 9.59 Å². The normalized spacial score (nSPS) is 18.1. The zero-order valence-electron chi connectivity index (χ0n) is 16.7. The minimum absolute atomic E-state index is 0.190. The van der Waals surface area contributed by atoms with Crippen LogP contribution in [0.1, 0.15) is 17.2 Å². The predicted octanol–water partition coefficient (Wildman–Crippen LogP) is 2.83. The van der Waals surface area contributed by atoms with Crippen LogP contribution in [0.4, 0.5) is 5.69 Å². The van der Waals surface area contributed by atoms with Crippen molar-refractivity contribution in [1.82, 2.24) is 10.6 Å². The molecule has 30 heavy (non-hydrogen) atoms. The number of carbonyl (C=O) groups excluding carboxylic acids is 2. The predicted molar refractivity (Wildman–Crippen MR) is 118 cm³/mol. The third kappa shape index (κ3) is 4.77. The van der Waals surface area contributed by atoms with E-state index in [4.69, 9.17) is 21.7 Å². The summed E-state index contributed by atoms with van der Waals surface area (Å²) in [6.07, 6.45) is 0. The number of anilines is 1. The van der Waals surface area contributed by atoms with E-state index in [0.717, 1.165) is 11.3 Å². The molecule has 1 aliphatic rings. The van der Waals surface area contributed by atoms with Gasteiger partial charge in [0.25, 0.3) is 5.91 Å². The molecule has 2 aromatic carbocycles. The van der Waals surface area contributed by atoms with E-state index in [-0.39, 0.29) is 12.5 Å². The zero-order valence-corrected chi connectivity index (χ0v) is 17.5. The average molecular weight is 426 g/mol. The molecular formula is C22H23N3O4S. The number of nitrogens with one attached hydrogen (secondary N) is 3. The van der Waals surface area contributed by atoms with Gasteiger partial charge in [-0.3, -0.25) is 9.59 Å². The van der Waals surface area contributed by atoms with E-state index in [0.29, 0.717) is 22.1 Å². The number of esters is 1. The highest BCUT2D eigenvalue weighted by Gasteiger charge is 2.38. The highest BCUT2D eigenvalue weighted by atomic mass is 32.1. The summed E-state index contributed by atoms with van der Waals surface area (Å²) >= 11 is 5.23. The van der Waals surface area contributed by atoms with Crippen LogP contribution in [0.3, 0.4) is 0 Å². The highest BCUT2D eigenvalue weighted by molar-refractivity contribution is 7.80. The molecule has 156 valence electrons. The van der Waals surface area contributed by atoms with Gasteiger partial charge in [0.05, 0.1) is 13.2 Å². The van der Waals surface area contributed by atoms with Crippen molar-refractivity contribution in [2.75, 3.05) is 19.0 Å². The highest BCUT2D eigenvalue weighted by Crippen LogP contribution is 2.35. The number of hydrogen-bond donors (Lipinski definition) is 3. The van der Waals surface area contributed by atoms with Gasteiger partial charge in [0, 0.05) is 16.9 Å². The van der Waals surface area contributed by atoms with Gasteiger partial charge >= 0.3 is 5.97 Å². The zero-order chi connectivity index (χ0) is 21.7. The van der Waals surface area contributed by atoms with Crippen molar-refractivity contribution in [3.63, 3.8) is 0 Å². The molecule has 1 fully saturated rings. The third-order valence-electron chi connectivity index (χ3n) is 4.76. The smallest absolute Gasteiger partial charge is 0.317 e. The molecule has 2 aromatic rings. The molecule has 0 radical (unpaired) electrons. The van der Waals surface area contributed by atoms with Crippen LogP contribution in [0.15, 0.2) is 60.8 Å². The van der Waals surface area contributed by atoms with Gasteiger partial charge in [-0.1, -0.05) is 43.0 Å². The quantitative estimate of drug-likeness (QED) is 0.484. The topological polar surface area (TPSA) is 88.7 Å². The molecule has 0 saturated carbocycles. The van der Waals surface area contributed by atoms with Crippen molar-refractivity contribution in [3.05, 3.63) is 71.9 Å². The van der Waals surface area contributed by atoms with Crippen molar-refractivity contribution in [2.24, 2.45) is 5.92 Å². The third-order valence-corrected chi connectivity index (χ3v) is 4.98. The summed E-state index contributed by atoms with van der Waals surface area (Å²) in [4.78, 5) is 24.7. The molecule has 1 amide bonds. The molecule has 2 atom stereocenters. The Morgan fingerprint density at radius 1 is 1.17 bits per heavy atom. The van der Waals surface area contributed by atoms with Gasteiger partial charge in [0.1, 0.15) is 11.7 Å². The fraction of sp³-hybridized carbons (Fsp3) is 0.227. The summed E-state index contributed by atoms with van der Waals surface area (Å²) < 4.78 is 10.7. The molecule has 3 rings (SSSR count). The first-order chi connectivity index (χ1) is 14.4. The second-order valence-electron chi connectivity index (χ2n) is 6.79. The number of para-hydroxylation sites is 2. The minimum Gasteiger partial charge on any atom is -0.483 e. The SMILES string of the molecule is C=C1NC(=S)N[C@H](c2ccccc2OCC(=O)Nc2ccccc2C)[C@H]1C(=O)OC. The van der Waals surface area contributed by atoms with Gasteiger partial charge in [-0.25, -0.2) is 0 Å². The lowest BCUT2D eigenvalue weighted by Gasteiger charge is -2.35. The number of ether oxygens (including phenoxy) is 2. The molecular weight excluding hydrogens is 402 g/mol. The van der Waals surface area contributed by atoms with Crippen molar-refractivity contribution in [1.29, 1.82) is 0 Å². The molecule has 7 nitrogen and oxygen atoms in total. The fourth-order valence-electron chi connectivity index (χ4n) is 3.26. The van der Waals surface area contributed by atoms with E-state index in [2.05, 4.69) is 22.5 Å². The van der Waals surface area contributed by atoms with Crippen molar-refractivity contribution in [2.45, 2.75) is 13.0 Å². The summed E-state index contributed by atoms with van der Waals surface area (Å²) in [5.74, 6) is -1.00. The van der Waals surface area contributed by atoms with E-state index in [1.165, 1.54) is 7.11 Å². The second kappa shape index (κ2) is 9.41. The van der Waals surface area contributed by atoms with Crippen LogP contribution in [0.25, 0.3) is 0 Å². The van der Waals surface area contributed by atoms with Crippen LogP contribution >= 0.6 is 12.2 Å². The lowest BCUT2D eigenvalue weighted by atomic mass is 9.88. The van der Waals surface area contributed by atoms with Gasteiger partial charge in [0.2, 0.25) is 0 Å². The standard InChI is InChI=1S/C22H23N3O4S/c1-13-8-4-6-10-16(13)24-18(26)12-29-17-11-7-5-9-15(17)20-19(21(27)28-3)14(2)23-22(30)25-20/h4-11,19-20H,2,12H2,1,3H3,(H,24,26)(H2,23,25,30)/t19-,20+/m0/s1. The summed E-state index contributed by atoms with van der Waals surface area (Å²) in [7, 11) is 1.32. The lowest BCUT2D eigenvalue weighted by Crippen LogP contribution is -2.50. The number of rotatable bonds is 6. The number of aryl methyl sites for hydroxylation is 1. The first-order valence-corrected chi connectivity index (χ1v) is 9.73. The molecule has 0 aromatic heterocycles. The Bertz CT molecular complexity index is 992. The van der Waals surface area contributed by atoms with E-state index < -0.39 is 17.9 Å². The van der Waals surface area contributed by atoms with Crippen LogP contribution < -0.4 is 20.7 Å². The number of hydrogen-bond acceptors (Lipinski definition) is 5. The molecule has 1 heterocycles. The molecule has 8 heteroatoms. The van der Waals surface area contributed by atoms with Crippen molar-refractivity contribution < 1.29 is 19.1 Å². The summed E-state index contributed by atoms with van der Waals surface area (Å²) in [5.41, 5.74) is 2.79. The van der Waals surface area contributed by atoms with E-state index >= 15 is 0 Å². The second-order valence-corrected chi connectivity index (χ2v) is 7.20. The Balaban J connectivity index is 1.78. The maximum absolute atomic E-state index is 12.4. The van der Waals surface area contributed by atoms with Crippen molar-refractivity contribution >= 4 is 34.9 Å². The first-order valence-electron chi connectivity index (χ1n) is 9.32. The largest absolute Gasteiger partial charge is 0.483 e. The Morgan fingerprint density at radius 3 is 2.60 bits per heavy atom. The number of benzene rings is 2. The van der Waals surface area contributed by atoms with Gasteiger partial charge in [-0.05, 0) is 36.8 Å². The summed E-state index contributed by atoms with van der Waals surface area (Å²) in [6.45, 7) is 5.63. The van der Waals surface area contributed by atoms with E-state index in [1.54, 1.807) is 12.1 Å². The minimum atomic E-state index is -0.716. The van der Waals surface area contributed by atoms with Crippen LogP contribution in [0.2, 0.25) is 0 Å². The number of amides is 1. The Morgan fingerprint density at radius 2 is 1.87 bits per heavy atom. The maximum atomic E-state index is 12.4. The van der Waals surface area contributed by atoms with Crippen LogP contribution in [0, 0.1) is 12.8 Å². The molecule has 0 aliphatic carbocycles. The molecule has 1 aliphatic heterocycles.